The van der Waals surface area contributed by atoms with Crippen molar-refractivity contribution < 1.29 is 0 Å². The highest BCUT2D eigenvalue weighted by Gasteiger charge is 2.67. The van der Waals surface area contributed by atoms with Crippen LogP contribution < -0.4 is 4.48 Å². The maximum atomic E-state index is 2.54. The summed E-state index contributed by atoms with van der Waals surface area (Å²) in [4.78, 5) is 0. The highest BCUT2D eigenvalue weighted by atomic mass is 15.5. The number of hydrogen-bond donors (Lipinski definition) is 0. The molecule has 0 bridgehead atoms. The van der Waals surface area contributed by atoms with Gasteiger partial charge in [-0.1, -0.05) is 72.8 Å². The zero-order chi connectivity index (χ0) is 19.9. The molecule has 0 amide bonds. The summed E-state index contributed by atoms with van der Waals surface area (Å²) in [7, 11) is 0. The number of rotatable bonds is 1. The van der Waals surface area contributed by atoms with Crippen LogP contribution in [0.15, 0.2) is 97.1 Å². The summed E-state index contributed by atoms with van der Waals surface area (Å²) in [5, 5.41) is 0. The van der Waals surface area contributed by atoms with Crippen LogP contribution >= 0.6 is 0 Å². The molecule has 30 heavy (non-hydrogen) atoms. The van der Waals surface area contributed by atoms with Gasteiger partial charge >= 0.3 is 0 Å². The van der Waals surface area contributed by atoms with Gasteiger partial charge in [0.25, 0.3) is 0 Å². The van der Waals surface area contributed by atoms with Gasteiger partial charge in [0, 0.05) is 23.3 Å². The van der Waals surface area contributed by atoms with Crippen LogP contribution in [-0.4, -0.2) is 12.1 Å². The molecule has 4 aromatic carbocycles. The van der Waals surface area contributed by atoms with Crippen LogP contribution in [0.5, 0.6) is 0 Å². The first kappa shape index (κ1) is 16.6. The fraction of sp³-hybridized carbons (Fsp3) is 0.172. The highest BCUT2D eigenvalue weighted by Crippen LogP contribution is 2.67. The van der Waals surface area contributed by atoms with E-state index in [2.05, 4.69) is 104 Å². The molecule has 1 spiro atoms. The molecule has 1 heteroatoms. The molecule has 0 N–H and O–H groups in total. The molecular weight excluding hydrogens is 362 g/mol. The second-order valence-corrected chi connectivity index (χ2v) is 9.28. The molecule has 0 aromatic heterocycles. The minimum Gasteiger partial charge on any atom is -0.252 e. The third-order valence-corrected chi connectivity index (χ3v) is 8.20. The molecule has 1 aliphatic carbocycles. The molecule has 4 aromatic rings. The Balaban J connectivity index is 1.53. The third kappa shape index (κ3) is 1.71. The van der Waals surface area contributed by atoms with Crippen molar-refractivity contribution in [3.63, 3.8) is 0 Å². The molecule has 1 saturated heterocycles. The van der Waals surface area contributed by atoms with E-state index in [1.165, 1.54) is 57.7 Å². The normalized spacial score (nSPS) is 22.2. The average molecular weight is 387 g/mol. The molecule has 2 heterocycles. The maximum Gasteiger partial charge on any atom is 0.146 e. The number of nitrogens with zero attached hydrogens (tertiary/aromatic N) is 1. The first-order valence-electron chi connectivity index (χ1n) is 11.0. The van der Waals surface area contributed by atoms with E-state index < -0.39 is 0 Å². The van der Waals surface area contributed by atoms with Crippen molar-refractivity contribution in [2.45, 2.75) is 24.8 Å². The summed E-state index contributed by atoms with van der Waals surface area (Å²) in [6.45, 7) is 3.71. The lowest BCUT2D eigenvalue weighted by molar-refractivity contribution is 0.0526. The van der Waals surface area contributed by atoms with Gasteiger partial charge in [-0.15, -0.1) is 0 Å². The van der Waals surface area contributed by atoms with Gasteiger partial charge in [-0.3, -0.25) is 4.48 Å². The first-order chi connectivity index (χ1) is 14.8. The van der Waals surface area contributed by atoms with Crippen LogP contribution in [0.1, 0.15) is 30.4 Å². The Morgan fingerprint density at radius 1 is 0.600 bits per heavy atom. The molecule has 144 valence electrons. The summed E-state index contributed by atoms with van der Waals surface area (Å²) in [5.41, 5.74) is 11.7. The van der Waals surface area contributed by atoms with Crippen molar-refractivity contribution in [1.82, 2.24) is 4.48 Å². The minimum absolute atomic E-state index is 0.0887. The Morgan fingerprint density at radius 3 is 1.50 bits per heavy atom. The second kappa shape index (κ2) is 5.50. The smallest absolute Gasteiger partial charge is 0.146 e. The van der Waals surface area contributed by atoms with Crippen LogP contribution in [0.4, 0.5) is 11.4 Å². The summed E-state index contributed by atoms with van der Waals surface area (Å²) < 4.78 is 0.979. The van der Waals surface area contributed by atoms with Crippen molar-refractivity contribution in [1.29, 1.82) is 0 Å². The summed E-state index contributed by atoms with van der Waals surface area (Å²) in [6.07, 6.45) is 1.23. The summed E-state index contributed by atoms with van der Waals surface area (Å²) >= 11 is 0. The van der Waals surface area contributed by atoms with Gasteiger partial charge in [-0.2, -0.15) is 0 Å². The first-order valence-corrected chi connectivity index (χ1v) is 11.0. The van der Waals surface area contributed by atoms with Crippen molar-refractivity contribution in [2.24, 2.45) is 0 Å². The van der Waals surface area contributed by atoms with Crippen LogP contribution in [0.2, 0.25) is 0 Å². The fourth-order valence-corrected chi connectivity index (χ4v) is 6.87. The SMILES string of the molecule is CC1(C2c3ccccc3-c3ccccc32)CC[N+]12c1ccccc1-c1ccccc12. The van der Waals surface area contributed by atoms with Gasteiger partial charge in [-0.25, -0.2) is 0 Å². The van der Waals surface area contributed by atoms with Crippen LogP contribution in [0, 0.1) is 0 Å². The number of hydrogen-bond acceptors (Lipinski definition) is 0. The predicted octanol–water partition coefficient (Wildman–Crippen LogP) is 7.28. The largest absolute Gasteiger partial charge is 0.252 e. The monoisotopic (exact) mass is 386 g/mol. The molecule has 3 aliphatic rings. The lowest BCUT2D eigenvalue weighted by Crippen LogP contribution is -2.72. The molecule has 0 radical (unpaired) electrons. The molecule has 1 unspecified atom stereocenters. The third-order valence-electron chi connectivity index (χ3n) is 8.20. The van der Waals surface area contributed by atoms with Gasteiger partial charge < -0.3 is 0 Å². The van der Waals surface area contributed by atoms with Gasteiger partial charge in [0.1, 0.15) is 16.9 Å². The van der Waals surface area contributed by atoms with Gasteiger partial charge in [0.15, 0.2) is 0 Å². The molecule has 0 saturated carbocycles. The van der Waals surface area contributed by atoms with E-state index in [1.807, 2.05) is 0 Å². The minimum atomic E-state index is 0.0887. The van der Waals surface area contributed by atoms with Crippen molar-refractivity contribution in [2.75, 3.05) is 6.54 Å². The maximum absolute atomic E-state index is 2.54. The van der Waals surface area contributed by atoms with Crippen molar-refractivity contribution in [3.8, 4) is 22.3 Å². The Morgan fingerprint density at radius 2 is 1.03 bits per heavy atom. The molecule has 1 nitrogen and oxygen atoms in total. The van der Waals surface area contributed by atoms with Crippen LogP contribution in [-0.2, 0) is 0 Å². The van der Waals surface area contributed by atoms with Crippen LogP contribution in [0.25, 0.3) is 22.3 Å². The number of quaternary nitrogens is 1. The van der Waals surface area contributed by atoms with Gasteiger partial charge in [0.05, 0.1) is 18.9 Å². The molecule has 7 rings (SSSR count). The van der Waals surface area contributed by atoms with Gasteiger partial charge in [-0.05, 0) is 41.3 Å². The lowest BCUT2D eigenvalue weighted by atomic mass is 9.68. The van der Waals surface area contributed by atoms with E-state index in [9.17, 15) is 0 Å². The van der Waals surface area contributed by atoms with Crippen molar-refractivity contribution in [3.05, 3.63) is 108 Å². The van der Waals surface area contributed by atoms with E-state index >= 15 is 0 Å². The molecule has 1 fully saturated rings. The Labute approximate surface area is 177 Å². The van der Waals surface area contributed by atoms with Crippen LogP contribution in [0.3, 0.4) is 0 Å². The number of fused-ring (bicyclic) bond motifs is 8. The molecule has 1 atom stereocenters. The van der Waals surface area contributed by atoms with Gasteiger partial charge in [0.2, 0.25) is 0 Å². The number of para-hydroxylation sites is 2. The zero-order valence-electron chi connectivity index (χ0n) is 17.2. The average Bonchev–Trinajstić information content (AvgIpc) is 3.30. The van der Waals surface area contributed by atoms with E-state index in [0.29, 0.717) is 5.92 Å². The fourth-order valence-electron chi connectivity index (χ4n) is 6.87. The predicted molar refractivity (Wildman–Crippen MR) is 125 cm³/mol. The topological polar surface area (TPSA) is 0 Å². The Bertz CT molecular complexity index is 1240. The quantitative estimate of drug-likeness (QED) is 0.302. The molecular formula is C29H24N+. The lowest BCUT2D eigenvalue weighted by Gasteiger charge is -2.60. The standard InChI is InChI=1S/C29H24N/c1-29(28-24-14-4-2-10-20(24)21-11-3-5-15-25(21)28)18-19-30(29)26-16-8-6-12-22(26)23-13-7-9-17-27(23)30/h2-17,28H,18-19H2,1H3/q+1. The zero-order valence-corrected chi connectivity index (χ0v) is 17.2. The highest BCUT2D eigenvalue weighted by molar-refractivity contribution is 5.96. The van der Waals surface area contributed by atoms with E-state index in [-0.39, 0.29) is 5.54 Å². The van der Waals surface area contributed by atoms with Crippen molar-refractivity contribution >= 4 is 11.4 Å². The molecule has 2 aliphatic heterocycles. The summed E-state index contributed by atoms with van der Waals surface area (Å²) in [5.74, 6) is 0.401. The van der Waals surface area contributed by atoms with E-state index in [4.69, 9.17) is 0 Å². The second-order valence-electron chi connectivity index (χ2n) is 9.28. The van der Waals surface area contributed by atoms with E-state index in [0.717, 1.165) is 4.48 Å². The number of benzene rings is 4. The summed E-state index contributed by atoms with van der Waals surface area (Å²) in [6, 6.07) is 36.4. The Kier molecular flexibility index (Phi) is 3.05. The Hall–Kier alpha value is -3.16. The van der Waals surface area contributed by atoms with E-state index in [1.54, 1.807) is 0 Å².